The second kappa shape index (κ2) is 7.21. The molecule has 0 spiro atoms. The summed E-state index contributed by atoms with van der Waals surface area (Å²) in [4.78, 5) is 26.6. The lowest BCUT2D eigenvalue weighted by Crippen LogP contribution is -2.35. The third kappa shape index (κ3) is 3.31. The Morgan fingerprint density at radius 2 is 2.24 bits per heavy atom. The average molecular weight is 392 g/mol. The summed E-state index contributed by atoms with van der Waals surface area (Å²) in [5.74, 6) is 2.56. The molecule has 0 amide bonds. The molecule has 1 N–H and O–H groups in total. The fourth-order valence-corrected chi connectivity index (χ4v) is 3.79. The molecule has 29 heavy (non-hydrogen) atoms. The van der Waals surface area contributed by atoms with E-state index in [4.69, 9.17) is 14.2 Å². The molecule has 0 unspecified atom stereocenters. The van der Waals surface area contributed by atoms with Gasteiger partial charge in [-0.05, 0) is 29.8 Å². The monoisotopic (exact) mass is 392 g/mol. The molecular weight excluding hydrogens is 372 g/mol. The Morgan fingerprint density at radius 3 is 3.07 bits per heavy atom. The molecule has 0 saturated carbocycles. The number of hydrogen-bond donors (Lipinski definition) is 1. The highest BCUT2D eigenvalue weighted by molar-refractivity contribution is 5.55. The van der Waals surface area contributed by atoms with E-state index < -0.39 is 0 Å². The molecule has 5 rings (SSSR count). The summed E-state index contributed by atoms with van der Waals surface area (Å²) in [6.45, 7) is 2.23. The lowest BCUT2D eigenvalue weighted by atomic mass is 10.1. The summed E-state index contributed by atoms with van der Waals surface area (Å²) in [6.07, 6.45) is 4.12. The molecule has 0 saturated heterocycles. The van der Waals surface area contributed by atoms with Crippen molar-refractivity contribution in [2.45, 2.75) is 19.5 Å². The maximum absolute atomic E-state index is 12.7. The number of rotatable bonds is 4. The van der Waals surface area contributed by atoms with E-state index in [0.717, 1.165) is 28.9 Å². The van der Waals surface area contributed by atoms with Crippen LogP contribution in [0.3, 0.4) is 0 Å². The smallest absolute Gasteiger partial charge is 0.255 e. The van der Waals surface area contributed by atoms with Crippen LogP contribution in [0.15, 0.2) is 41.5 Å². The Balaban J connectivity index is 1.39. The molecule has 0 bridgehead atoms. The summed E-state index contributed by atoms with van der Waals surface area (Å²) >= 11 is 0. The Hall–Kier alpha value is -3.39. The maximum Gasteiger partial charge on any atom is 0.255 e. The standard InChI is InChI=1S/C21H20N4O4/c1-27-17-7-13(8-18-19(17)29-12-28-18)10-25-6-4-16-15(11-25)21(26)24-20(23-16)14-3-2-5-22-9-14/h2-3,5,7-9H,4,6,10-12H2,1H3,(H,23,24,26). The number of H-pyrrole nitrogens is 1. The summed E-state index contributed by atoms with van der Waals surface area (Å²) in [7, 11) is 1.61. The van der Waals surface area contributed by atoms with Crippen LogP contribution in [-0.2, 0) is 19.5 Å². The van der Waals surface area contributed by atoms with Gasteiger partial charge in [0.15, 0.2) is 11.5 Å². The first-order valence-corrected chi connectivity index (χ1v) is 9.42. The van der Waals surface area contributed by atoms with Gasteiger partial charge in [-0.2, -0.15) is 0 Å². The Kier molecular flexibility index (Phi) is 4.40. The van der Waals surface area contributed by atoms with Crippen LogP contribution < -0.4 is 19.8 Å². The van der Waals surface area contributed by atoms with Crippen molar-refractivity contribution >= 4 is 0 Å². The van der Waals surface area contributed by atoms with Gasteiger partial charge in [0.1, 0.15) is 5.82 Å². The summed E-state index contributed by atoms with van der Waals surface area (Å²) < 4.78 is 16.4. The van der Waals surface area contributed by atoms with Crippen LogP contribution in [0.25, 0.3) is 11.4 Å². The van der Waals surface area contributed by atoms with Crippen molar-refractivity contribution in [3.05, 3.63) is 63.8 Å². The number of fused-ring (bicyclic) bond motifs is 2. The van der Waals surface area contributed by atoms with Crippen LogP contribution in [0.5, 0.6) is 17.2 Å². The quantitative estimate of drug-likeness (QED) is 0.727. The van der Waals surface area contributed by atoms with E-state index in [0.29, 0.717) is 42.6 Å². The largest absolute Gasteiger partial charge is 0.493 e. The van der Waals surface area contributed by atoms with Crippen molar-refractivity contribution in [3.63, 3.8) is 0 Å². The molecule has 0 aliphatic carbocycles. The molecule has 2 aliphatic heterocycles. The zero-order chi connectivity index (χ0) is 19.8. The van der Waals surface area contributed by atoms with Crippen LogP contribution >= 0.6 is 0 Å². The van der Waals surface area contributed by atoms with Gasteiger partial charge in [0, 0.05) is 44.0 Å². The van der Waals surface area contributed by atoms with Gasteiger partial charge in [-0.15, -0.1) is 0 Å². The number of methoxy groups -OCH3 is 1. The van der Waals surface area contributed by atoms with Gasteiger partial charge in [-0.25, -0.2) is 4.98 Å². The SMILES string of the molecule is COc1cc(CN2CCc3nc(-c4cccnc4)[nH]c(=O)c3C2)cc2c1OCO2. The van der Waals surface area contributed by atoms with Crippen LogP contribution in [-0.4, -0.2) is 40.3 Å². The maximum atomic E-state index is 12.7. The third-order valence-electron chi connectivity index (χ3n) is 5.21. The van der Waals surface area contributed by atoms with Crippen molar-refractivity contribution < 1.29 is 14.2 Å². The number of ether oxygens (including phenoxy) is 3. The number of aromatic nitrogens is 3. The molecule has 1 aromatic carbocycles. The van der Waals surface area contributed by atoms with Crippen molar-refractivity contribution in [1.82, 2.24) is 19.9 Å². The molecule has 3 aromatic rings. The minimum Gasteiger partial charge on any atom is -0.493 e. The molecular formula is C21H20N4O4. The van der Waals surface area contributed by atoms with E-state index in [9.17, 15) is 4.79 Å². The van der Waals surface area contributed by atoms with E-state index in [1.165, 1.54) is 0 Å². The first-order chi connectivity index (χ1) is 14.2. The number of pyridine rings is 1. The highest BCUT2D eigenvalue weighted by Crippen LogP contribution is 2.42. The molecule has 8 nitrogen and oxygen atoms in total. The zero-order valence-corrected chi connectivity index (χ0v) is 16.0. The molecule has 148 valence electrons. The number of nitrogens with one attached hydrogen (secondary N) is 1. The minimum atomic E-state index is -0.0955. The van der Waals surface area contributed by atoms with Gasteiger partial charge in [-0.1, -0.05) is 0 Å². The Labute approximate surface area is 167 Å². The summed E-state index contributed by atoms with van der Waals surface area (Å²) in [6, 6.07) is 7.64. The van der Waals surface area contributed by atoms with E-state index in [1.54, 1.807) is 19.5 Å². The fourth-order valence-electron chi connectivity index (χ4n) is 3.79. The van der Waals surface area contributed by atoms with Crippen molar-refractivity contribution in [3.8, 4) is 28.6 Å². The first kappa shape index (κ1) is 17.7. The Morgan fingerprint density at radius 1 is 1.31 bits per heavy atom. The predicted molar refractivity (Wildman–Crippen MR) is 105 cm³/mol. The van der Waals surface area contributed by atoms with Gasteiger partial charge in [0.25, 0.3) is 5.56 Å². The number of aromatic amines is 1. The normalized spacial score (nSPS) is 15.2. The molecule has 0 atom stereocenters. The summed E-state index contributed by atoms with van der Waals surface area (Å²) in [5.41, 5.74) is 3.33. The van der Waals surface area contributed by atoms with Crippen LogP contribution in [0.4, 0.5) is 0 Å². The number of hydrogen-bond acceptors (Lipinski definition) is 7. The van der Waals surface area contributed by atoms with E-state index in [2.05, 4.69) is 19.9 Å². The highest BCUT2D eigenvalue weighted by Gasteiger charge is 2.24. The third-order valence-corrected chi connectivity index (χ3v) is 5.21. The predicted octanol–water partition coefficient (Wildman–Crippen LogP) is 2.13. The zero-order valence-electron chi connectivity index (χ0n) is 16.0. The highest BCUT2D eigenvalue weighted by atomic mass is 16.7. The van der Waals surface area contributed by atoms with Gasteiger partial charge in [0.2, 0.25) is 12.5 Å². The van der Waals surface area contributed by atoms with Gasteiger partial charge in [-0.3, -0.25) is 14.7 Å². The topological polar surface area (TPSA) is 89.6 Å². The van der Waals surface area contributed by atoms with Gasteiger partial charge in [0.05, 0.1) is 18.4 Å². The van der Waals surface area contributed by atoms with E-state index in [1.807, 2.05) is 24.3 Å². The van der Waals surface area contributed by atoms with Crippen molar-refractivity contribution in [1.29, 1.82) is 0 Å². The minimum absolute atomic E-state index is 0.0955. The molecule has 2 aliphatic rings. The number of nitrogens with zero attached hydrogens (tertiary/aromatic N) is 3. The molecule has 0 fully saturated rings. The lowest BCUT2D eigenvalue weighted by Gasteiger charge is -2.28. The van der Waals surface area contributed by atoms with Crippen molar-refractivity contribution in [2.24, 2.45) is 0 Å². The molecule has 2 aromatic heterocycles. The fraction of sp³-hybridized carbons (Fsp3) is 0.286. The lowest BCUT2D eigenvalue weighted by molar-refractivity contribution is 0.171. The molecule has 0 radical (unpaired) electrons. The van der Waals surface area contributed by atoms with E-state index >= 15 is 0 Å². The first-order valence-electron chi connectivity index (χ1n) is 9.42. The molecule has 8 heteroatoms. The van der Waals surface area contributed by atoms with E-state index in [-0.39, 0.29) is 12.4 Å². The van der Waals surface area contributed by atoms with Gasteiger partial charge >= 0.3 is 0 Å². The second-order valence-electron chi connectivity index (χ2n) is 7.07. The van der Waals surface area contributed by atoms with Gasteiger partial charge < -0.3 is 19.2 Å². The van der Waals surface area contributed by atoms with Crippen molar-refractivity contribution in [2.75, 3.05) is 20.4 Å². The number of benzene rings is 1. The van der Waals surface area contributed by atoms with Crippen LogP contribution in [0.1, 0.15) is 16.8 Å². The molecule has 4 heterocycles. The second-order valence-corrected chi connectivity index (χ2v) is 7.07. The summed E-state index contributed by atoms with van der Waals surface area (Å²) in [5, 5.41) is 0. The Bertz CT molecular complexity index is 1110. The van der Waals surface area contributed by atoms with Crippen LogP contribution in [0, 0.1) is 0 Å². The average Bonchev–Trinajstić information content (AvgIpc) is 3.23. The van der Waals surface area contributed by atoms with Crippen LogP contribution in [0.2, 0.25) is 0 Å².